The Labute approximate surface area is 123 Å². The molecular formula is C15H19NO5. The zero-order valence-corrected chi connectivity index (χ0v) is 12.2. The normalized spacial score (nSPS) is 22.9. The Morgan fingerprint density at radius 1 is 1.33 bits per heavy atom. The Morgan fingerprint density at radius 2 is 2.14 bits per heavy atom. The summed E-state index contributed by atoms with van der Waals surface area (Å²) in [5, 5.41) is 2.85. The molecule has 1 aromatic carbocycles. The van der Waals surface area contributed by atoms with Crippen LogP contribution in [0.25, 0.3) is 0 Å². The first-order valence-corrected chi connectivity index (χ1v) is 7.04. The molecule has 3 rings (SSSR count). The molecule has 0 spiro atoms. The van der Waals surface area contributed by atoms with Gasteiger partial charge in [0.05, 0.1) is 12.2 Å². The van der Waals surface area contributed by atoms with Gasteiger partial charge in [-0.15, -0.1) is 0 Å². The molecular weight excluding hydrogens is 274 g/mol. The van der Waals surface area contributed by atoms with Crippen molar-refractivity contribution in [2.45, 2.75) is 25.7 Å². The number of carbonyl (C=O) groups excluding carboxylic acids is 1. The maximum absolute atomic E-state index is 12.3. The lowest BCUT2D eigenvalue weighted by molar-refractivity contribution is -0.137. The van der Waals surface area contributed by atoms with Gasteiger partial charge in [-0.1, -0.05) is 6.07 Å². The molecule has 1 amide bonds. The highest BCUT2D eigenvalue weighted by atomic mass is 16.7. The molecule has 0 radical (unpaired) electrons. The number of nitrogens with one attached hydrogen (secondary N) is 1. The van der Waals surface area contributed by atoms with Gasteiger partial charge in [-0.3, -0.25) is 4.79 Å². The molecule has 1 N–H and O–H groups in total. The zero-order chi connectivity index (χ0) is 14.9. The highest BCUT2D eigenvalue weighted by Gasteiger charge is 2.33. The van der Waals surface area contributed by atoms with Gasteiger partial charge in [-0.25, -0.2) is 0 Å². The van der Waals surface area contributed by atoms with Crippen LogP contribution < -0.4 is 14.8 Å². The maximum Gasteiger partial charge on any atom is 0.255 e. The number of amides is 1. The highest BCUT2D eigenvalue weighted by Crippen LogP contribution is 2.33. The molecule has 0 aliphatic carbocycles. The Bertz CT molecular complexity index is 543. The van der Waals surface area contributed by atoms with E-state index >= 15 is 0 Å². The first kappa shape index (κ1) is 14.2. The topological polar surface area (TPSA) is 66.0 Å². The molecule has 6 heteroatoms. The number of ether oxygens (including phenoxy) is 4. The second-order valence-electron chi connectivity index (χ2n) is 5.49. The second kappa shape index (κ2) is 5.54. The van der Waals surface area contributed by atoms with Crippen molar-refractivity contribution in [2.24, 2.45) is 0 Å². The third-order valence-electron chi connectivity index (χ3n) is 3.37. The number of hydrogen-bond acceptors (Lipinski definition) is 5. The molecule has 0 saturated carbocycles. The SMILES string of the molecule is CC1(C)OCC(CNC(=O)c2cccc3c2OCCO3)O1. The van der Waals surface area contributed by atoms with Crippen LogP contribution in [-0.2, 0) is 9.47 Å². The molecule has 2 heterocycles. The van der Waals surface area contributed by atoms with Crippen molar-refractivity contribution in [3.05, 3.63) is 23.8 Å². The van der Waals surface area contributed by atoms with Gasteiger partial charge in [0.2, 0.25) is 0 Å². The van der Waals surface area contributed by atoms with E-state index in [1.54, 1.807) is 18.2 Å². The summed E-state index contributed by atoms with van der Waals surface area (Å²) in [6.07, 6.45) is -0.138. The van der Waals surface area contributed by atoms with Crippen LogP contribution in [0.4, 0.5) is 0 Å². The minimum absolute atomic E-state index is 0.138. The molecule has 1 fully saturated rings. The summed E-state index contributed by atoms with van der Waals surface area (Å²) in [4.78, 5) is 12.3. The van der Waals surface area contributed by atoms with Crippen LogP contribution in [0.15, 0.2) is 18.2 Å². The number of fused-ring (bicyclic) bond motifs is 1. The second-order valence-corrected chi connectivity index (χ2v) is 5.49. The van der Waals surface area contributed by atoms with Crippen molar-refractivity contribution < 1.29 is 23.7 Å². The van der Waals surface area contributed by atoms with Crippen LogP contribution in [0.3, 0.4) is 0 Å². The minimum Gasteiger partial charge on any atom is -0.486 e. The molecule has 1 aromatic rings. The van der Waals surface area contributed by atoms with E-state index in [2.05, 4.69) is 5.32 Å². The number of rotatable bonds is 3. The predicted octanol–water partition coefficient (Wildman–Crippen LogP) is 1.34. The third kappa shape index (κ3) is 3.11. The van der Waals surface area contributed by atoms with Crippen molar-refractivity contribution in [1.82, 2.24) is 5.32 Å². The average Bonchev–Trinajstić information content (AvgIpc) is 2.83. The van der Waals surface area contributed by atoms with E-state index in [-0.39, 0.29) is 12.0 Å². The van der Waals surface area contributed by atoms with E-state index in [1.165, 1.54) is 0 Å². The summed E-state index contributed by atoms with van der Waals surface area (Å²) in [5.41, 5.74) is 0.477. The lowest BCUT2D eigenvalue weighted by Crippen LogP contribution is -2.35. The van der Waals surface area contributed by atoms with Gasteiger partial charge in [0.1, 0.15) is 19.3 Å². The van der Waals surface area contributed by atoms with Gasteiger partial charge in [-0.05, 0) is 26.0 Å². The quantitative estimate of drug-likeness (QED) is 0.911. The summed E-state index contributed by atoms with van der Waals surface area (Å²) >= 11 is 0. The number of carbonyl (C=O) groups is 1. The van der Waals surface area contributed by atoms with Gasteiger partial charge in [0.25, 0.3) is 5.91 Å². The summed E-state index contributed by atoms with van der Waals surface area (Å²) in [5.74, 6) is 0.324. The van der Waals surface area contributed by atoms with E-state index < -0.39 is 5.79 Å². The Balaban J connectivity index is 1.64. The van der Waals surface area contributed by atoms with Crippen molar-refractivity contribution in [3.63, 3.8) is 0 Å². The summed E-state index contributed by atoms with van der Waals surface area (Å²) in [6.45, 7) is 5.53. The van der Waals surface area contributed by atoms with Gasteiger partial charge >= 0.3 is 0 Å². The van der Waals surface area contributed by atoms with Crippen LogP contribution in [0.1, 0.15) is 24.2 Å². The smallest absolute Gasteiger partial charge is 0.255 e. The first-order chi connectivity index (χ1) is 10.1. The molecule has 1 atom stereocenters. The van der Waals surface area contributed by atoms with Crippen molar-refractivity contribution in [1.29, 1.82) is 0 Å². The highest BCUT2D eigenvalue weighted by molar-refractivity contribution is 5.97. The fourth-order valence-electron chi connectivity index (χ4n) is 2.42. The van der Waals surface area contributed by atoms with E-state index in [0.29, 0.717) is 43.4 Å². The molecule has 1 unspecified atom stereocenters. The van der Waals surface area contributed by atoms with Crippen LogP contribution in [0.2, 0.25) is 0 Å². The van der Waals surface area contributed by atoms with Gasteiger partial charge in [0.15, 0.2) is 17.3 Å². The predicted molar refractivity (Wildman–Crippen MR) is 74.7 cm³/mol. The summed E-state index contributed by atoms with van der Waals surface area (Å²) in [7, 11) is 0. The fourth-order valence-corrected chi connectivity index (χ4v) is 2.42. The van der Waals surface area contributed by atoms with Crippen molar-refractivity contribution in [2.75, 3.05) is 26.4 Å². The number of benzene rings is 1. The zero-order valence-electron chi connectivity index (χ0n) is 12.2. The lowest BCUT2D eigenvalue weighted by Gasteiger charge is -2.21. The summed E-state index contributed by atoms with van der Waals surface area (Å²) in [6, 6.07) is 5.29. The average molecular weight is 293 g/mol. The molecule has 0 aromatic heterocycles. The van der Waals surface area contributed by atoms with Crippen molar-refractivity contribution in [3.8, 4) is 11.5 Å². The van der Waals surface area contributed by atoms with Crippen LogP contribution >= 0.6 is 0 Å². The van der Waals surface area contributed by atoms with Crippen LogP contribution in [0, 0.1) is 0 Å². The molecule has 2 aliphatic heterocycles. The molecule has 6 nitrogen and oxygen atoms in total. The van der Waals surface area contributed by atoms with E-state index in [0.717, 1.165) is 0 Å². The first-order valence-electron chi connectivity index (χ1n) is 7.04. The largest absolute Gasteiger partial charge is 0.486 e. The van der Waals surface area contributed by atoms with Gasteiger partial charge in [0, 0.05) is 6.54 Å². The third-order valence-corrected chi connectivity index (χ3v) is 3.37. The maximum atomic E-state index is 12.3. The Kier molecular flexibility index (Phi) is 3.73. The standard InChI is InChI=1S/C15H19NO5/c1-15(2)20-9-10(21-15)8-16-14(17)11-4-3-5-12-13(11)19-7-6-18-12/h3-5,10H,6-9H2,1-2H3,(H,16,17). The molecule has 114 valence electrons. The molecule has 21 heavy (non-hydrogen) atoms. The van der Waals surface area contributed by atoms with Gasteiger partial charge < -0.3 is 24.3 Å². The van der Waals surface area contributed by atoms with Crippen LogP contribution in [0.5, 0.6) is 11.5 Å². The molecule has 2 aliphatic rings. The summed E-state index contributed by atoms with van der Waals surface area (Å²) < 4.78 is 22.1. The lowest BCUT2D eigenvalue weighted by atomic mass is 10.1. The molecule has 0 bridgehead atoms. The van der Waals surface area contributed by atoms with Crippen molar-refractivity contribution >= 4 is 5.91 Å². The van der Waals surface area contributed by atoms with E-state index in [9.17, 15) is 4.79 Å². The van der Waals surface area contributed by atoms with Gasteiger partial charge in [-0.2, -0.15) is 0 Å². The number of hydrogen-bond donors (Lipinski definition) is 1. The minimum atomic E-state index is -0.585. The van der Waals surface area contributed by atoms with E-state index in [1.807, 2.05) is 13.8 Å². The Hall–Kier alpha value is -1.79. The number of para-hydroxylation sites is 1. The monoisotopic (exact) mass is 293 g/mol. The Morgan fingerprint density at radius 3 is 2.90 bits per heavy atom. The van der Waals surface area contributed by atoms with E-state index in [4.69, 9.17) is 18.9 Å². The van der Waals surface area contributed by atoms with Crippen LogP contribution in [-0.4, -0.2) is 44.2 Å². The molecule has 1 saturated heterocycles. The fraction of sp³-hybridized carbons (Fsp3) is 0.533.